The highest BCUT2D eigenvalue weighted by atomic mass is 28.3. The molecule has 1 atom stereocenters. The van der Waals surface area contributed by atoms with E-state index >= 15 is 0 Å². The molecule has 1 unspecified atom stereocenters. The highest BCUT2D eigenvalue weighted by molar-refractivity contribution is 6.99. The van der Waals surface area contributed by atoms with Gasteiger partial charge in [0.1, 0.15) is 14.2 Å². The van der Waals surface area contributed by atoms with Gasteiger partial charge in [0, 0.05) is 7.11 Å². The van der Waals surface area contributed by atoms with Crippen molar-refractivity contribution in [3.8, 4) is 0 Å². The smallest absolute Gasteiger partial charge is 0.373 e. The Labute approximate surface area is 133 Å². The van der Waals surface area contributed by atoms with Crippen LogP contribution in [0.4, 0.5) is 0 Å². The van der Waals surface area contributed by atoms with E-state index in [4.69, 9.17) is 14.5 Å². The fourth-order valence-electron chi connectivity index (χ4n) is 2.16. The second-order valence-corrected chi connectivity index (χ2v) is 9.29. The number of carbonyl (C=O) groups excluding carboxylic acids is 1. The van der Waals surface area contributed by atoms with Crippen molar-refractivity contribution in [2.45, 2.75) is 26.0 Å². The first kappa shape index (κ1) is 18.4. The van der Waals surface area contributed by atoms with Crippen molar-refractivity contribution in [3.63, 3.8) is 0 Å². The first-order valence-electron chi connectivity index (χ1n) is 7.27. The van der Waals surface area contributed by atoms with E-state index < -0.39 is 14.0 Å². The van der Waals surface area contributed by atoms with E-state index in [9.17, 15) is 4.79 Å². The molecule has 0 aromatic heterocycles. The maximum absolute atomic E-state index is 11.9. The van der Waals surface area contributed by atoms with Crippen molar-refractivity contribution in [2.75, 3.05) is 13.7 Å². The molecule has 0 bridgehead atoms. The third kappa shape index (κ3) is 4.40. The van der Waals surface area contributed by atoms with Gasteiger partial charge in [-0.05, 0) is 25.1 Å². The molecule has 0 saturated heterocycles. The summed E-state index contributed by atoms with van der Waals surface area (Å²) >= 11 is 0. The largest absolute Gasteiger partial charge is 0.382 e. The zero-order valence-electron chi connectivity index (χ0n) is 13.5. The number of hydrogen-bond acceptors (Lipinski definition) is 4. The van der Waals surface area contributed by atoms with Gasteiger partial charge >= 0.3 is 5.97 Å². The van der Waals surface area contributed by atoms with Gasteiger partial charge in [0.2, 0.25) is 0 Å². The second-order valence-electron chi connectivity index (χ2n) is 5.11. The standard InChI is InChI=1S/C17H24O4Si/c1-6-22(7-2,8-3)16-11-9-15(10-12-16)17(18)21-20-14(4)13-19-5/h6-7,9-12,14H,1-2,8,13H2,3-5H3. The van der Waals surface area contributed by atoms with Crippen LogP contribution in [0, 0.1) is 0 Å². The Morgan fingerprint density at radius 2 is 1.86 bits per heavy atom. The molecule has 4 nitrogen and oxygen atoms in total. The molecule has 0 heterocycles. The molecule has 5 heteroatoms. The summed E-state index contributed by atoms with van der Waals surface area (Å²) in [5.74, 6) is -0.518. The quantitative estimate of drug-likeness (QED) is 0.399. The third-order valence-electron chi connectivity index (χ3n) is 3.66. The van der Waals surface area contributed by atoms with Gasteiger partial charge in [0.05, 0.1) is 12.2 Å². The van der Waals surface area contributed by atoms with Gasteiger partial charge in [-0.1, -0.05) is 35.6 Å². The lowest BCUT2D eigenvalue weighted by Gasteiger charge is -2.23. The van der Waals surface area contributed by atoms with Gasteiger partial charge in [0.15, 0.2) is 0 Å². The molecule has 0 aliphatic rings. The van der Waals surface area contributed by atoms with Crippen LogP contribution in [-0.2, 0) is 14.5 Å². The Morgan fingerprint density at radius 1 is 1.27 bits per heavy atom. The summed E-state index contributed by atoms with van der Waals surface area (Å²) in [5, 5.41) is 1.17. The van der Waals surface area contributed by atoms with Gasteiger partial charge in [-0.25, -0.2) is 4.79 Å². The fourth-order valence-corrected chi connectivity index (χ4v) is 4.58. The number of methoxy groups -OCH3 is 1. The summed E-state index contributed by atoms with van der Waals surface area (Å²) in [6, 6.07) is 8.35. The molecule has 0 aliphatic carbocycles. The van der Waals surface area contributed by atoms with Crippen LogP contribution < -0.4 is 5.19 Å². The van der Waals surface area contributed by atoms with Crippen molar-refractivity contribution in [1.82, 2.24) is 0 Å². The SMILES string of the molecule is C=C[Si](C=C)(CC)c1ccc(C(=O)OOC(C)COC)cc1. The topological polar surface area (TPSA) is 44.8 Å². The molecule has 1 rings (SSSR count). The summed E-state index contributed by atoms with van der Waals surface area (Å²) in [6.07, 6.45) is -0.310. The summed E-state index contributed by atoms with van der Waals surface area (Å²) in [7, 11) is -0.311. The molecule has 22 heavy (non-hydrogen) atoms. The summed E-state index contributed by atoms with van der Waals surface area (Å²) in [5.41, 5.74) is 4.45. The minimum atomic E-state index is -1.87. The number of carbonyl (C=O) groups is 1. The Bertz CT molecular complexity index is 502. The van der Waals surface area contributed by atoms with E-state index in [1.54, 1.807) is 26.2 Å². The molecule has 0 amide bonds. The zero-order valence-corrected chi connectivity index (χ0v) is 14.5. The molecule has 120 valence electrons. The number of rotatable bonds is 9. The molecule has 1 aromatic rings. The van der Waals surface area contributed by atoms with E-state index in [0.29, 0.717) is 12.2 Å². The first-order valence-corrected chi connectivity index (χ1v) is 9.63. The van der Waals surface area contributed by atoms with E-state index in [1.165, 1.54) is 5.19 Å². The molecule has 0 radical (unpaired) electrons. The van der Waals surface area contributed by atoms with Crippen molar-refractivity contribution in [2.24, 2.45) is 0 Å². The van der Waals surface area contributed by atoms with Gasteiger partial charge < -0.3 is 4.74 Å². The van der Waals surface area contributed by atoms with Crippen LogP contribution >= 0.6 is 0 Å². The van der Waals surface area contributed by atoms with Crippen LogP contribution in [0.2, 0.25) is 6.04 Å². The van der Waals surface area contributed by atoms with Crippen molar-refractivity contribution in [1.29, 1.82) is 0 Å². The minimum Gasteiger partial charge on any atom is -0.382 e. The monoisotopic (exact) mass is 320 g/mol. The van der Waals surface area contributed by atoms with Crippen LogP contribution in [0.15, 0.2) is 48.8 Å². The summed E-state index contributed by atoms with van der Waals surface area (Å²) in [6.45, 7) is 12.1. The highest BCUT2D eigenvalue weighted by Crippen LogP contribution is 2.13. The molecule has 0 fully saturated rings. The number of benzene rings is 1. The van der Waals surface area contributed by atoms with E-state index in [-0.39, 0.29) is 6.10 Å². The maximum Gasteiger partial charge on any atom is 0.373 e. The van der Waals surface area contributed by atoms with Crippen molar-refractivity contribution < 1.29 is 19.3 Å². The van der Waals surface area contributed by atoms with Crippen molar-refractivity contribution in [3.05, 3.63) is 54.4 Å². The second kappa shape index (κ2) is 8.68. The average Bonchev–Trinajstić information content (AvgIpc) is 2.56. The molecule has 0 aliphatic heterocycles. The molecular formula is C17H24O4Si. The Balaban J connectivity index is 2.78. The summed E-state index contributed by atoms with van der Waals surface area (Å²) < 4.78 is 4.90. The predicted octanol–water partition coefficient (Wildman–Crippen LogP) is 2.94. The minimum absolute atomic E-state index is 0.310. The van der Waals surface area contributed by atoms with E-state index in [2.05, 4.69) is 20.1 Å². The lowest BCUT2D eigenvalue weighted by atomic mass is 10.2. The lowest BCUT2D eigenvalue weighted by Crippen LogP contribution is -2.43. The van der Waals surface area contributed by atoms with E-state index in [0.717, 1.165) is 6.04 Å². The average molecular weight is 320 g/mol. The van der Waals surface area contributed by atoms with Crippen LogP contribution in [0.3, 0.4) is 0 Å². The van der Waals surface area contributed by atoms with Gasteiger partial charge in [-0.15, -0.1) is 13.2 Å². The highest BCUT2D eigenvalue weighted by Gasteiger charge is 2.26. The lowest BCUT2D eigenvalue weighted by molar-refractivity contribution is -0.276. The van der Waals surface area contributed by atoms with E-state index in [1.807, 2.05) is 23.5 Å². The fraction of sp³-hybridized carbons (Fsp3) is 0.353. The van der Waals surface area contributed by atoms with Gasteiger partial charge in [0.25, 0.3) is 0 Å². The van der Waals surface area contributed by atoms with Gasteiger partial charge in [-0.2, -0.15) is 4.89 Å². The Morgan fingerprint density at radius 3 is 2.32 bits per heavy atom. The third-order valence-corrected chi connectivity index (χ3v) is 7.70. The Kier molecular flexibility index (Phi) is 7.24. The van der Waals surface area contributed by atoms with Crippen LogP contribution in [-0.4, -0.2) is 33.9 Å². The van der Waals surface area contributed by atoms with Crippen LogP contribution in [0.25, 0.3) is 0 Å². The number of ether oxygens (including phenoxy) is 1. The molecular weight excluding hydrogens is 296 g/mol. The Hall–Kier alpha value is -1.69. The molecule has 0 N–H and O–H groups in total. The zero-order chi connectivity index (χ0) is 16.6. The van der Waals surface area contributed by atoms with Gasteiger partial charge in [-0.3, -0.25) is 4.89 Å². The number of hydrogen-bond donors (Lipinski definition) is 0. The molecule has 0 spiro atoms. The first-order chi connectivity index (χ1) is 10.5. The van der Waals surface area contributed by atoms with Crippen LogP contribution in [0.5, 0.6) is 0 Å². The normalized spacial score (nSPS) is 12.5. The van der Waals surface area contributed by atoms with Crippen molar-refractivity contribution >= 4 is 19.2 Å². The molecule has 0 saturated carbocycles. The summed E-state index contributed by atoms with van der Waals surface area (Å²) in [4.78, 5) is 21.7. The van der Waals surface area contributed by atoms with Crippen LogP contribution in [0.1, 0.15) is 24.2 Å². The predicted molar refractivity (Wildman–Crippen MR) is 90.5 cm³/mol. The maximum atomic E-state index is 11.9. The molecule has 1 aromatic carbocycles.